The monoisotopic (exact) mass is 416 g/mol. The van der Waals surface area contributed by atoms with Gasteiger partial charge in [0.1, 0.15) is 5.60 Å². The Morgan fingerprint density at radius 2 is 2.04 bits per heavy atom. The van der Waals surface area contributed by atoms with E-state index < -0.39 is 16.9 Å². The lowest BCUT2D eigenvalue weighted by Crippen LogP contribution is -2.49. The van der Waals surface area contributed by atoms with Gasteiger partial charge in [0.25, 0.3) is 0 Å². The summed E-state index contributed by atoms with van der Waals surface area (Å²) in [6.07, 6.45) is 1.57. The zero-order valence-corrected chi connectivity index (χ0v) is 17.9. The van der Waals surface area contributed by atoms with Gasteiger partial charge in [-0.2, -0.15) is 4.31 Å². The summed E-state index contributed by atoms with van der Waals surface area (Å²) < 4.78 is 29.2. The summed E-state index contributed by atoms with van der Waals surface area (Å²) in [5.41, 5.74) is 0.383. The maximum absolute atomic E-state index is 12.2. The molecule has 2 rings (SSSR count). The first-order valence-corrected chi connectivity index (χ1v) is 10.7. The Morgan fingerprint density at radius 3 is 2.52 bits per heavy atom. The van der Waals surface area contributed by atoms with Crippen LogP contribution >= 0.6 is 11.6 Å². The first-order valence-electron chi connectivity index (χ1n) is 9.25. The van der Waals surface area contributed by atoms with E-state index in [-0.39, 0.29) is 18.2 Å². The number of amides is 1. The molecule has 0 bridgehead atoms. The molecule has 0 aromatic heterocycles. The highest BCUT2D eigenvalue weighted by molar-refractivity contribution is 7.76. The summed E-state index contributed by atoms with van der Waals surface area (Å²) in [7, 11) is 0. The third-order valence-electron chi connectivity index (χ3n) is 4.58. The number of carbonyl (C=O) groups is 1. The lowest BCUT2D eigenvalue weighted by Gasteiger charge is -2.40. The fourth-order valence-electron chi connectivity index (χ4n) is 3.40. The maximum Gasteiger partial charge on any atom is 0.410 e. The molecule has 1 saturated heterocycles. The quantitative estimate of drug-likeness (QED) is 0.710. The molecule has 0 aliphatic carbocycles. The highest BCUT2D eigenvalue weighted by Crippen LogP contribution is 2.32. The summed E-state index contributed by atoms with van der Waals surface area (Å²) >= 11 is 3.99. The van der Waals surface area contributed by atoms with Crippen LogP contribution in [0.1, 0.15) is 58.6 Å². The number of carbonyl (C=O) groups excluding carboxylic acids is 1. The fourth-order valence-corrected chi connectivity index (χ4v) is 4.55. The third kappa shape index (κ3) is 6.17. The van der Waals surface area contributed by atoms with Crippen LogP contribution in [0.4, 0.5) is 4.79 Å². The lowest BCUT2D eigenvalue weighted by molar-refractivity contribution is 0.0166. The predicted octanol–water partition coefficient (Wildman–Crippen LogP) is 4.63. The van der Waals surface area contributed by atoms with Crippen LogP contribution in [0.3, 0.4) is 0 Å². The number of nitrogens with zero attached hydrogens (tertiary/aromatic N) is 2. The van der Waals surface area contributed by atoms with E-state index in [1.807, 2.05) is 45.9 Å². The van der Waals surface area contributed by atoms with Crippen LogP contribution in [0.15, 0.2) is 24.3 Å². The minimum atomic E-state index is -2.12. The van der Waals surface area contributed by atoms with Crippen molar-refractivity contribution in [2.45, 2.75) is 64.6 Å². The van der Waals surface area contributed by atoms with Crippen molar-refractivity contribution >= 4 is 29.0 Å². The Labute approximate surface area is 169 Å². The van der Waals surface area contributed by atoms with Gasteiger partial charge in [-0.3, -0.25) is 4.55 Å². The van der Waals surface area contributed by atoms with E-state index in [9.17, 15) is 13.6 Å². The number of rotatable bonds is 5. The second-order valence-electron chi connectivity index (χ2n) is 7.77. The van der Waals surface area contributed by atoms with Gasteiger partial charge >= 0.3 is 6.09 Å². The smallest absolute Gasteiger partial charge is 0.410 e. The molecule has 152 valence electrons. The largest absolute Gasteiger partial charge is 0.444 e. The van der Waals surface area contributed by atoms with Crippen molar-refractivity contribution in [1.82, 2.24) is 9.21 Å². The molecule has 1 aliphatic rings. The number of hydrogen-bond acceptors (Lipinski definition) is 3. The molecule has 0 radical (unpaired) electrons. The van der Waals surface area contributed by atoms with Crippen LogP contribution in [0.2, 0.25) is 5.02 Å². The van der Waals surface area contributed by atoms with Crippen molar-refractivity contribution in [3.8, 4) is 0 Å². The number of hydrogen-bond donors (Lipinski definition) is 1. The van der Waals surface area contributed by atoms with Gasteiger partial charge < -0.3 is 9.64 Å². The van der Waals surface area contributed by atoms with Gasteiger partial charge in [0.2, 0.25) is 11.3 Å². The third-order valence-corrected chi connectivity index (χ3v) is 5.73. The molecule has 1 aromatic carbocycles. The average Bonchev–Trinajstić information content (AvgIpc) is 2.58. The van der Waals surface area contributed by atoms with E-state index in [0.29, 0.717) is 37.4 Å². The Kier molecular flexibility index (Phi) is 7.68. The zero-order chi connectivity index (χ0) is 20.2. The van der Waals surface area contributed by atoms with Gasteiger partial charge in [-0.15, -0.1) is 0 Å². The van der Waals surface area contributed by atoms with E-state index in [1.165, 1.54) is 0 Å². The topological polar surface area (TPSA) is 70.1 Å². The van der Waals surface area contributed by atoms with Crippen molar-refractivity contribution in [3.63, 3.8) is 0 Å². The first-order chi connectivity index (χ1) is 12.6. The molecule has 8 heteroatoms. The highest BCUT2D eigenvalue weighted by Gasteiger charge is 2.35. The van der Waals surface area contributed by atoms with Gasteiger partial charge in [0, 0.05) is 30.2 Å². The molecule has 6 nitrogen and oxygen atoms in total. The van der Waals surface area contributed by atoms with Crippen molar-refractivity contribution < 1.29 is 18.3 Å². The Bertz CT molecular complexity index is 672. The van der Waals surface area contributed by atoms with E-state index in [0.717, 1.165) is 5.56 Å². The van der Waals surface area contributed by atoms with E-state index in [4.69, 9.17) is 16.3 Å². The summed E-state index contributed by atoms with van der Waals surface area (Å²) in [4.78, 5) is 13.9. The van der Waals surface area contributed by atoms with Crippen LogP contribution < -0.4 is 0 Å². The van der Waals surface area contributed by atoms with Crippen molar-refractivity contribution in [2.24, 2.45) is 0 Å². The minimum absolute atomic E-state index is 0.0987. The van der Waals surface area contributed by atoms with Crippen LogP contribution in [0.25, 0.3) is 0 Å². The van der Waals surface area contributed by atoms with Gasteiger partial charge in [0.15, 0.2) is 0 Å². The highest BCUT2D eigenvalue weighted by atomic mass is 35.5. The Balaban J connectivity index is 2.10. The molecule has 1 heterocycles. The van der Waals surface area contributed by atoms with E-state index in [1.54, 1.807) is 15.3 Å². The SMILES string of the molecule is CCC(c1cccc(Cl)c1)N(C1CCN(C(=O)OC(C)(C)C)CC1)S(=O)O. The molecule has 0 spiro atoms. The summed E-state index contributed by atoms with van der Waals surface area (Å²) in [5, 5.41) is 0.606. The first kappa shape index (κ1) is 22.1. The van der Waals surface area contributed by atoms with E-state index in [2.05, 4.69) is 0 Å². The minimum Gasteiger partial charge on any atom is -0.444 e. The summed E-state index contributed by atoms with van der Waals surface area (Å²) in [6, 6.07) is 7.09. The molecule has 2 atom stereocenters. The number of ether oxygens (including phenoxy) is 1. The molecule has 1 N–H and O–H groups in total. The molecule has 1 amide bonds. The van der Waals surface area contributed by atoms with Crippen LogP contribution in [-0.4, -0.2) is 48.8 Å². The maximum atomic E-state index is 12.2. The van der Waals surface area contributed by atoms with Gasteiger partial charge in [-0.1, -0.05) is 30.7 Å². The zero-order valence-electron chi connectivity index (χ0n) is 16.4. The molecule has 1 aromatic rings. The van der Waals surface area contributed by atoms with Crippen molar-refractivity contribution in [3.05, 3.63) is 34.9 Å². The molecular weight excluding hydrogens is 388 g/mol. The van der Waals surface area contributed by atoms with Crippen LogP contribution in [-0.2, 0) is 16.0 Å². The molecular formula is C19H29ClN2O4S. The number of benzene rings is 1. The van der Waals surface area contributed by atoms with Gasteiger partial charge in [-0.25, -0.2) is 9.00 Å². The average molecular weight is 417 g/mol. The molecule has 27 heavy (non-hydrogen) atoms. The number of halogens is 1. The van der Waals surface area contributed by atoms with Gasteiger partial charge in [0.05, 0.1) is 0 Å². The molecule has 0 saturated carbocycles. The summed E-state index contributed by atoms with van der Waals surface area (Å²) in [5.74, 6) is 0. The molecule has 1 fully saturated rings. The predicted molar refractivity (Wildman–Crippen MR) is 108 cm³/mol. The standard InChI is InChI=1S/C19H29ClN2O4S/c1-5-17(14-7-6-8-15(20)13-14)22(27(24)25)16-9-11-21(12-10-16)18(23)26-19(2,3)4/h6-8,13,16-17H,5,9-12H2,1-4H3,(H,24,25). The van der Waals surface area contributed by atoms with Crippen LogP contribution in [0, 0.1) is 0 Å². The Morgan fingerprint density at radius 1 is 1.41 bits per heavy atom. The second kappa shape index (κ2) is 9.37. The fraction of sp³-hybridized carbons (Fsp3) is 0.632. The number of piperidine rings is 1. The van der Waals surface area contributed by atoms with Gasteiger partial charge in [-0.05, 0) is 57.7 Å². The van der Waals surface area contributed by atoms with Crippen LogP contribution in [0.5, 0.6) is 0 Å². The molecule has 1 aliphatic heterocycles. The van der Waals surface area contributed by atoms with Crippen molar-refractivity contribution in [1.29, 1.82) is 0 Å². The lowest BCUT2D eigenvalue weighted by atomic mass is 9.99. The number of likely N-dealkylation sites (tertiary alicyclic amines) is 1. The Hall–Kier alpha value is -1.15. The second-order valence-corrected chi connectivity index (χ2v) is 9.09. The van der Waals surface area contributed by atoms with Crippen molar-refractivity contribution in [2.75, 3.05) is 13.1 Å². The molecule has 2 unspecified atom stereocenters. The normalized spacial score (nSPS) is 18.4. The van der Waals surface area contributed by atoms with E-state index >= 15 is 0 Å². The summed E-state index contributed by atoms with van der Waals surface area (Å²) in [6.45, 7) is 8.50.